The molecule has 0 saturated heterocycles. The molecule has 2 heteroatoms. The van der Waals surface area contributed by atoms with Gasteiger partial charge < -0.3 is 5.73 Å². The predicted octanol–water partition coefficient (Wildman–Crippen LogP) is 2.53. The van der Waals surface area contributed by atoms with E-state index in [4.69, 9.17) is 5.73 Å². The maximum absolute atomic E-state index is 12.8. The van der Waals surface area contributed by atoms with Crippen molar-refractivity contribution >= 4 is 5.69 Å². The van der Waals surface area contributed by atoms with E-state index in [1.165, 1.54) is 18.1 Å². The molecule has 2 N–H and O–H groups in total. The van der Waals surface area contributed by atoms with Crippen molar-refractivity contribution in [3.8, 4) is 0 Å². The summed E-state index contributed by atoms with van der Waals surface area (Å²) in [4.78, 5) is 0. The Morgan fingerprint density at radius 1 is 1.50 bits per heavy atom. The van der Waals surface area contributed by atoms with Gasteiger partial charge in [-0.1, -0.05) is 13.0 Å². The minimum absolute atomic E-state index is 0.270. The highest BCUT2D eigenvalue weighted by Gasteiger charge is 2.33. The molecule has 0 radical (unpaired) electrons. The molecule has 1 saturated carbocycles. The Labute approximate surface area is 71.4 Å². The van der Waals surface area contributed by atoms with Crippen molar-refractivity contribution in [2.24, 2.45) is 5.92 Å². The van der Waals surface area contributed by atoms with Crippen LogP contribution in [0.2, 0.25) is 0 Å². The lowest BCUT2D eigenvalue weighted by Gasteiger charge is -2.00. The fourth-order valence-electron chi connectivity index (χ4n) is 1.58. The number of hydrogen-bond donors (Lipinski definition) is 1. The molecule has 1 aromatic carbocycles. The van der Waals surface area contributed by atoms with Crippen LogP contribution in [0, 0.1) is 11.7 Å². The van der Waals surface area contributed by atoms with Crippen LogP contribution in [0.3, 0.4) is 0 Å². The van der Waals surface area contributed by atoms with Crippen molar-refractivity contribution in [2.45, 2.75) is 19.3 Å². The van der Waals surface area contributed by atoms with E-state index in [1.54, 1.807) is 6.07 Å². The molecule has 12 heavy (non-hydrogen) atoms. The molecule has 0 aromatic heterocycles. The molecule has 1 aliphatic rings. The van der Waals surface area contributed by atoms with Gasteiger partial charge in [0.15, 0.2) is 0 Å². The Morgan fingerprint density at radius 2 is 2.17 bits per heavy atom. The third-order valence-corrected chi connectivity index (χ3v) is 2.56. The first-order valence-electron chi connectivity index (χ1n) is 4.23. The van der Waals surface area contributed by atoms with Crippen LogP contribution in [0.5, 0.6) is 0 Å². The molecule has 0 heterocycles. The molecule has 64 valence electrons. The Balaban J connectivity index is 2.29. The summed E-state index contributed by atoms with van der Waals surface area (Å²) in [6.45, 7) is 2.20. The average Bonchev–Trinajstić information content (AvgIpc) is 2.73. The largest absolute Gasteiger partial charge is 0.396 e. The highest BCUT2D eigenvalue weighted by molar-refractivity contribution is 5.44. The maximum Gasteiger partial charge on any atom is 0.146 e. The fourth-order valence-corrected chi connectivity index (χ4v) is 1.58. The van der Waals surface area contributed by atoms with Gasteiger partial charge in [0.25, 0.3) is 0 Å². The van der Waals surface area contributed by atoms with Gasteiger partial charge in [0.1, 0.15) is 5.82 Å². The lowest BCUT2D eigenvalue weighted by atomic mass is 10.1. The summed E-state index contributed by atoms with van der Waals surface area (Å²) in [5.74, 6) is 1.05. The normalized spacial score (nSPS) is 27.2. The monoisotopic (exact) mass is 165 g/mol. The van der Waals surface area contributed by atoms with Crippen LogP contribution in [-0.4, -0.2) is 0 Å². The molecular weight excluding hydrogens is 153 g/mol. The van der Waals surface area contributed by atoms with Crippen LogP contribution in [0.15, 0.2) is 18.2 Å². The van der Waals surface area contributed by atoms with Crippen LogP contribution in [-0.2, 0) is 0 Å². The Hall–Kier alpha value is -1.05. The van der Waals surface area contributed by atoms with Crippen molar-refractivity contribution in [3.63, 3.8) is 0 Å². The molecule has 0 spiro atoms. The van der Waals surface area contributed by atoms with Gasteiger partial charge >= 0.3 is 0 Å². The van der Waals surface area contributed by atoms with Gasteiger partial charge in [0, 0.05) is 0 Å². The minimum Gasteiger partial charge on any atom is -0.396 e. The summed E-state index contributed by atoms with van der Waals surface area (Å²) >= 11 is 0. The quantitative estimate of drug-likeness (QED) is 0.636. The van der Waals surface area contributed by atoms with E-state index in [0.29, 0.717) is 5.92 Å². The van der Waals surface area contributed by atoms with Crippen LogP contribution in [0.1, 0.15) is 24.8 Å². The zero-order valence-corrected chi connectivity index (χ0v) is 7.05. The molecule has 1 aromatic rings. The van der Waals surface area contributed by atoms with E-state index in [-0.39, 0.29) is 11.5 Å². The van der Waals surface area contributed by atoms with E-state index in [9.17, 15) is 4.39 Å². The fraction of sp³-hybridized carbons (Fsp3) is 0.400. The van der Waals surface area contributed by atoms with Crippen molar-refractivity contribution in [2.75, 3.05) is 5.73 Å². The van der Waals surface area contributed by atoms with E-state index in [0.717, 1.165) is 5.92 Å². The number of halogens is 1. The van der Waals surface area contributed by atoms with Gasteiger partial charge in [0.2, 0.25) is 0 Å². The van der Waals surface area contributed by atoms with Crippen LogP contribution in [0.4, 0.5) is 10.1 Å². The van der Waals surface area contributed by atoms with Gasteiger partial charge in [-0.3, -0.25) is 0 Å². The van der Waals surface area contributed by atoms with Crippen molar-refractivity contribution in [1.29, 1.82) is 0 Å². The maximum atomic E-state index is 12.8. The Morgan fingerprint density at radius 3 is 2.67 bits per heavy atom. The minimum atomic E-state index is -0.313. The van der Waals surface area contributed by atoms with Gasteiger partial charge in [-0.05, 0) is 36.0 Å². The molecule has 1 fully saturated rings. The molecule has 1 nitrogen and oxygen atoms in total. The molecular formula is C10H12FN. The zero-order valence-electron chi connectivity index (χ0n) is 7.05. The smallest absolute Gasteiger partial charge is 0.146 e. The second kappa shape index (κ2) is 2.47. The molecule has 2 unspecified atom stereocenters. The number of nitrogen functional groups attached to an aromatic ring is 1. The Bertz CT molecular complexity index is 309. The second-order valence-corrected chi connectivity index (χ2v) is 3.60. The van der Waals surface area contributed by atoms with Gasteiger partial charge in [-0.25, -0.2) is 4.39 Å². The first-order valence-corrected chi connectivity index (χ1v) is 4.23. The third kappa shape index (κ3) is 1.17. The van der Waals surface area contributed by atoms with E-state index >= 15 is 0 Å². The predicted molar refractivity (Wildman–Crippen MR) is 47.3 cm³/mol. The summed E-state index contributed by atoms with van der Waals surface area (Å²) in [7, 11) is 0. The van der Waals surface area contributed by atoms with Crippen LogP contribution < -0.4 is 5.73 Å². The SMILES string of the molecule is CC1CC1c1ccc(F)c(N)c1. The standard InChI is InChI=1S/C10H12FN/c1-6-4-8(6)7-2-3-9(11)10(12)5-7/h2-3,5-6,8H,4,12H2,1H3. The van der Waals surface area contributed by atoms with E-state index in [2.05, 4.69) is 6.92 Å². The van der Waals surface area contributed by atoms with Crippen molar-refractivity contribution in [3.05, 3.63) is 29.6 Å². The summed E-state index contributed by atoms with van der Waals surface area (Å²) < 4.78 is 12.8. The van der Waals surface area contributed by atoms with Gasteiger partial charge in [-0.2, -0.15) is 0 Å². The second-order valence-electron chi connectivity index (χ2n) is 3.60. The lowest BCUT2D eigenvalue weighted by Crippen LogP contribution is -1.92. The van der Waals surface area contributed by atoms with Gasteiger partial charge in [-0.15, -0.1) is 0 Å². The summed E-state index contributed by atoms with van der Waals surface area (Å²) in [6, 6.07) is 5.04. The first kappa shape index (κ1) is 7.59. The number of rotatable bonds is 1. The van der Waals surface area contributed by atoms with Gasteiger partial charge in [0.05, 0.1) is 5.69 Å². The third-order valence-electron chi connectivity index (χ3n) is 2.56. The molecule has 0 amide bonds. The summed E-state index contributed by atoms with van der Waals surface area (Å²) in [6.07, 6.45) is 1.21. The van der Waals surface area contributed by atoms with E-state index < -0.39 is 0 Å². The number of benzene rings is 1. The highest BCUT2D eigenvalue weighted by Crippen LogP contribution is 2.47. The number of hydrogen-bond acceptors (Lipinski definition) is 1. The highest BCUT2D eigenvalue weighted by atomic mass is 19.1. The van der Waals surface area contributed by atoms with Crippen molar-refractivity contribution in [1.82, 2.24) is 0 Å². The average molecular weight is 165 g/mol. The molecule has 0 aliphatic heterocycles. The number of anilines is 1. The molecule has 2 atom stereocenters. The first-order chi connectivity index (χ1) is 5.68. The lowest BCUT2D eigenvalue weighted by molar-refractivity contribution is 0.631. The number of nitrogens with two attached hydrogens (primary N) is 1. The van der Waals surface area contributed by atoms with E-state index in [1.807, 2.05) is 6.07 Å². The summed E-state index contributed by atoms with van der Waals surface area (Å²) in [5, 5.41) is 0. The van der Waals surface area contributed by atoms with Crippen LogP contribution >= 0.6 is 0 Å². The molecule has 0 bridgehead atoms. The Kier molecular flexibility index (Phi) is 1.56. The topological polar surface area (TPSA) is 26.0 Å². The zero-order chi connectivity index (χ0) is 8.72. The summed E-state index contributed by atoms with van der Waals surface area (Å²) in [5.41, 5.74) is 6.91. The molecule has 1 aliphatic carbocycles. The molecule has 2 rings (SSSR count). The van der Waals surface area contributed by atoms with Crippen LogP contribution in [0.25, 0.3) is 0 Å². The van der Waals surface area contributed by atoms with Crippen molar-refractivity contribution < 1.29 is 4.39 Å².